The molecule has 0 unspecified atom stereocenters. The highest BCUT2D eigenvalue weighted by Crippen LogP contribution is 2.38. The molecule has 1 rings (SSSR count). The number of hydrogen-bond acceptors (Lipinski definition) is 5. The van der Waals surface area contributed by atoms with Crippen LogP contribution in [0.1, 0.15) is 5.56 Å². The molecule has 15 heteroatoms. The van der Waals surface area contributed by atoms with Crippen LogP contribution in [0, 0.1) is 0 Å². The summed E-state index contributed by atoms with van der Waals surface area (Å²) < 4.78 is 136. The first-order chi connectivity index (χ1) is 13.4. The minimum Gasteiger partial charge on any atom is -0.493 e. The van der Waals surface area contributed by atoms with Crippen LogP contribution in [0.25, 0.3) is 0 Å². The molecule has 1 aromatic carbocycles. The van der Waals surface area contributed by atoms with Gasteiger partial charge >= 0.3 is 36.1 Å². The molecule has 0 amide bonds. The molecule has 0 spiro atoms. The second kappa shape index (κ2) is 8.55. The SMILES string of the molecule is COc1ccc(CCOC(=O)C(F)(F)C(F)(F)F)cc1OC(=O)C(F)(F)C(F)(F)F. The van der Waals surface area contributed by atoms with Crippen molar-refractivity contribution in [2.75, 3.05) is 13.7 Å². The summed E-state index contributed by atoms with van der Waals surface area (Å²) >= 11 is 0. The average Bonchev–Trinajstić information content (AvgIpc) is 2.59. The molecule has 1 aromatic rings. The molecule has 0 saturated heterocycles. The van der Waals surface area contributed by atoms with Crippen molar-refractivity contribution in [1.29, 1.82) is 0 Å². The molecule has 0 aliphatic heterocycles. The molecule has 5 nitrogen and oxygen atoms in total. The van der Waals surface area contributed by atoms with Crippen molar-refractivity contribution < 1.29 is 67.7 Å². The molecule has 0 aliphatic carbocycles. The zero-order valence-electron chi connectivity index (χ0n) is 14.5. The molecule has 0 bridgehead atoms. The lowest BCUT2D eigenvalue weighted by Crippen LogP contribution is -2.46. The van der Waals surface area contributed by atoms with Gasteiger partial charge < -0.3 is 14.2 Å². The fourth-order valence-electron chi connectivity index (χ4n) is 1.70. The second-order valence-corrected chi connectivity index (χ2v) is 5.40. The van der Waals surface area contributed by atoms with E-state index in [-0.39, 0.29) is 5.56 Å². The van der Waals surface area contributed by atoms with Crippen LogP contribution in [-0.4, -0.2) is 49.9 Å². The van der Waals surface area contributed by atoms with E-state index in [0.717, 1.165) is 19.2 Å². The molecule has 0 radical (unpaired) electrons. The number of benzene rings is 1. The number of alkyl halides is 10. The van der Waals surface area contributed by atoms with Crippen LogP contribution in [0.3, 0.4) is 0 Å². The zero-order chi connectivity index (χ0) is 23.5. The Morgan fingerprint density at radius 2 is 1.30 bits per heavy atom. The van der Waals surface area contributed by atoms with E-state index in [9.17, 15) is 53.5 Å². The standard InChI is InChI=1S/C15H10F10O5/c1-28-8-3-2-7(4-5-29-10(26)12(16,17)14(20,21)22)6-9(8)30-11(27)13(18,19)15(23,24)25/h2-3,6H,4-5H2,1H3. The fourth-order valence-corrected chi connectivity index (χ4v) is 1.70. The van der Waals surface area contributed by atoms with E-state index in [4.69, 9.17) is 0 Å². The van der Waals surface area contributed by atoms with Crippen molar-refractivity contribution in [3.63, 3.8) is 0 Å². The molecule has 0 heterocycles. The fraction of sp³-hybridized carbons (Fsp3) is 0.467. The van der Waals surface area contributed by atoms with Crippen LogP contribution in [-0.2, 0) is 20.7 Å². The van der Waals surface area contributed by atoms with Crippen LogP contribution in [0.4, 0.5) is 43.9 Å². The van der Waals surface area contributed by atoms with E-state index in [1.165, 1.54) is 0 Å². The predicted octanol–water partition coefficient (Wildman–Crippen LogP) is 4.08. The minimum atomic E-state index is -6.26. The molecule has 0 saturated carbocycles. The molecule has 170 valence electrons. The number of hydrogen-bond donors (Lipinski definition) is 0. The minimum absolute atomic E-state index is 0.156. The Kier molecular flexibility index (Phi) is 7.21. The molecule has 0 fully saturated rings. The molecule has 0 aliphatic rings. The van der Waals surface area contributed by atoms with Crippen LogP contribution in [0.2, 0.25) is 0 Å². The Morgan fingerprint density at radius 1 is 0.800 bits per heavy atom. The van der Waals surface area contributed by atoms with Gasteiger partial charge in [-0.3, -0.25) is 0 Å². The van der Waals surface area contributed by atoms with Crippen molar-refractivity contribution in [2.24, 2.45) is 0 Å². The summed E-state index contributed by atoms with van der Waals surface area (Å²) in [4.78, 5) is 22.0. The number of methoxy groups -OCH3 is 1. The van der Waals surface area contributed by atoms with Crippen LogP contribution in [0.5, 0.6) is 11.5 Å². The summed E-state index contributed by atoms with van der Waals surface area (Å²) in [6.07, 6.45) is -13.0. The largest absolute Gasteiger partial charge is 0.493 e. The quantitative estimate of drug-likeness (QED) is 0.349. The number of ether oxygens (including phenoxy) is 3. The normalized spacial score (nSPS) is 13.0. The summed E-state index contributed by atoms with van der Waals surface area (Å²) in [6.45, 7) is -1.05. The van der Waals surface area contributed by atoms with Crippen molar-refractivity contribution in [3.8, 4) is 11.5 Å². The van der Waals surface area contributed by atoms with E-state index < -0.39 is 60.7 Å². The smallest absolute Gasteiger partial charge is 0.465 e. The van der Waals surface area contributed by atoms with Crippen LogP contribution >= 0.6 is 0 Å². The van der Waals surface area contributed by atoms with Gasteiger partial charge in [0, 0.05) is 6.42 Å². The van der Waals surface area contributed by atoms with Gasteiger partial charge in [-0.05, 0) is 17.7 Å². The number of esters is 2. The lowest BCUT2D eigenvalue weighted by Gasteiger charge is -2.19. The summed E-state index contributed by atoms with van der Waals surface area (Å²) in [7, 11) is 0.940. The Bertz CT molecular complexity index is 785. The van der Waals surface area contributed by atoms with E-state index in [0.29, 0.717) is 6.07 Å². The van der Waals surface area contributed by atoms with Gasteiger partial charge in [-0.1, -0.05) is 6.07 Å². The van der Waals surface area contributed by atoms with E-state index in [1.807, 2.05) is 0 Å². The van der Waals surface area contributed by atoms with Gasteiger partial charge in [0.2, 0.25) is 0 Å². The van der Waals surface area contributed by atoms with Gasteiger partial charge in [0.1, 0.15) is 0 Å². The molecule has 0 aromatic heterocycles. The third-order valence-corrected chi connectivity index (χ3v) is 3.28. The molecular weight excluding hydrogens is 450 g/mol. The highest BCUT2D eigenvalue weighted by Gasteiger charge is 2.65. The first kappa shape index (κ1) is 25.3. The predicted molar refractivity (Wildman–Crippen MR) is 75.3 cm³/mol. The Balaban J connectivity index is 2.91. The van der Waals surface area contributed by atoms with Gasteiger partial charge in [-0.25, -0.2) is 9.59 Å². The monoisotopic (exact) mass is 460 g/mol. The van der Waals surface area contributed by atoms with Crippen molar-refractivity contribution in [3.05, 3.63) is 23.8 Å². The maximum atomic E-state index is 13.0. The topological polar surface area (TPSA) is 61.8 Å². The van der Waals surface area contributed by atoms with Gasteiger partial charge in [0.15, 0.2) is 11.5 Å². The van der Waals surface area contributed by atoms with Gasteiger partial charge in [-0.15, -0.1) is 0 Å². The van der Waals surface area contributed by atoms with Crippen molar-refractivity contribution in [2.45, 2.75) is 30.6 Å². The Hall–Kier alpha value is -2.74. The molecule has 0 N–H and O–H groups in total. The summed E-state index contributed by atoms with van der Waals surface area (Å²) in [5.41, 5.74) is -0.156. The summed E-state index contributed by atoms with van der Waals surface area (Å²) in [5.74, 6) is -19.0. The number of rotatable bonds is 7. The third kappa shape index (κ3) is 5.44. The lowest BCUT2D eigenvalue weighted by atomic mass is 10.1. The second-order valence-electron chi connectivity index (χ2n) is 5.40. The van der Waals surface area contributed by atoms with Crippen LogP contribution < -0.4 is 9.47 Å². The molecule has 0 atom stereocenters. The molecular formula is C15H10F10O5. The number of halogens is 10. The number of carbonyl (C=O) groups excluding carboxylic acids is 2. The van der Waals surface area contributed by atoms with Crippen molar-refractivity contribution >= 4 is 11.9 Å². The van der Waals surface area contributed by atoms with Crippen molar-refractivity contribution in [1.82, 2.24) is 0 Å². The zero-order valence-corrected chi connectivity index (χ0v) is 14.5. The van der Waals surface area contributed by atoms with E-state index in [1.54, 1.807) is 0 Å². The summed E-state index contributed by atoms with van der Waals surface area (Å²) in [5, 5.41) is 0. The highest BCUT2D eigenvalue weighted by molar-refractivity contribution is 5.81. The van der Waals surface area contributed by atoms with E-state index >= 15 is 0 Å². The average molecular weight is 460 g/mol. The maximum absolute atomic E-state index is 13.0. The lowest BCUT2D eigenvalue weighted by molar-refractivity contribution is -0.280. The van der Waals surface area contributed by atoms with Gasteiger partial charge in [-0.2, -0.15) is 43.9 Å². The molecule has 30 heavy (non-hydrogen) atoms. The van der Waals surface area contributed by atoms with E-state index in [2.05, 4.69) is 14.2 Å². The maximum Gasteiger partial charge on any atom is 0.465 e. The number of carbonyl (C=O) groups is 2. The Labute approximate surface area is 160 Å². The van der Waals surface area contributed by atoms with Gasteiger partial charge in [0.25, 0.3) is 0 Å². The first-order valence-corrected chi connectivity index (χ1v) is 7.40. The summed E-state index contributed by atoms with van der Waals surface area (Å²) in [6, 6.07) is 2.64. The first-order valence-electron chi connectivity index (χ1n) is 7.40. The third-order valence-electron chi connectivity index (χ3n) is 3.28. The highest BCUT2D eigenvalue weighted by atomic mass is 19.4. The van der Waals surface area contributed by atoms with Crippen LogP contribution in [0.15, 0.2) is 18.2 Å². The Morgan fingerprint density at radius 3 is 1.77 bits per heavy atom. The van der Waals surface area contributed by atoms with Gasteiger partial charge in [0.05, 0.1) is 13.7 Å².